The maximum Gasteiger partial charge on any atom is 0.508 e. The van der Waals surface area contributed by atoms with E-state index in [1.54, 1.807) is 20.8 Å². The summed E-state index contributed by atoms with van der Waals surface area (Å²) in [6.07, 6.45) is 0.00246. The molecule has 208 valence electrons. The second kappa shape index (κ2) is 25.7. The highest BCUT2D eigenvalue weighted by Crippen LogP contribution is 2.07. The van der Waals surface area contributed by atoms with Gasteiger partial charge in [0.2, 0.25) is 0 Å². The fourth-order valence-electron chi connectivity index (χ4n) is 2.13. The van der Waals surface area contributed by atoms with Gasteiger partial charge >= 0.3 is 6.16 Å². The third-order valence-corrected chi connectivity index (χ3v) is 3.63. The molecule has 0 aromatic carbocycles. The van der Waals surface area contributed by atoms with Gasteiger partial charge in [0.25, 0.3) is 0 Å². The van der Waals surface area contributed by atoms with E-state index >= 15 is 0 Å². The highest BCUT2D eigenvalue weighted by Gasteiger charge is 2.16. The van der Waals surface area contributed by atoms with E-state index in [4.69, 9.17) is 47.4 Å². The first-order valence-electron chi connectivity index (χ1n) is 11.9. The Morgan fingerprint density at radius 3 is 1.09 bits per heavy atom. The molecule has 0 aromatic heterocycles. The molecule has 0 atom stereocenters. The third kappa shape index (κ3) is 30.6. The van der Waals surface area contributed by atoms with Crippen LogP contribution in [0.2, 0.25) is 0 Å². The van der Waals surface area contributed by atoms with Crippen molar-refractivity contribution in [3.8, 4) is 0 Å². The molecule has 0 unspecified atom stereocenters. The van der Waals surface area contributed by atoms with Gasteiger partial charge < -0.3 is 52.2 Å². The van der Waals surface area contributed by atoms with Crippen LogP contribution in [0, 0.1) is 0 Å². The molecule has 35 heavy (non-hydrogen) atoms. The van der Waals surface area contributed by atoms with Crippen molar-refractivity contribution in [1.82, 2.24) is 0 Å². The largest absolute Gasteiger partial charge is 0.508 e. The molecule has 0 bridgehead atoms. The lowest BCUT2D eigenvalue weighted by atomic mass is 10.2. The van der Waals surface area contributed by atoms with Crippen molar-refractivity contribution in [1.29, 1.82) is 0 Å². The van der Waals surface area contributed by atoms with E-state index in [0.29, 0.717) is 98.8 Å². The number of carbonyl (C=O) groups excluding carboxylic acids is 2. The van der Waals surface area contributed by atoms with Gasteiger partial charge in [0.05, 0.1) is 99.1 Å². The lowest BCUT2D eigenvalue weighted by Crippen LogP contribution is -2.25. The normalized spacial score (nSPS) is 11.5. The molecular weight excluding hydrogens is 468 g/mol. The standard InChI is InChI=1S/C23H44O12/c1-23(2,3)35-22(25)34-21-20-33-19-18-32-17-16-31-15-14-30-13-12-29-11-10-28-9-8-27-7-6-26-5-4-24/h4H,5-21H2,1-3H3. The van der Waals surface area contributed by atoms with E-state index in [-0.39, 0.29) is 19.8 Å². The second-order valence-corrected chi connectivity index (χ2v) is 7.84. The molecule has 0 aliphatic carbocycles. The predicted molar refractivity (Wildman–Crippen MR) is 125 cm³/mol. The minimum atomic E-state index is -0.703. The third-order valence-electron chi connectivity index (χ3n) is 3.63. The Morgan fingerprint density at radius 2 is 0.800 bits per heavy atom. The Bertz CT molecular complexity index is 470. The Kier molecular flexibility index (Phi) is 24.7. The van der Waals surface area contributed by atoms with Crippen molar-refractivity contribution in [2.75, 3.05) is 112 Å². The van der Waals surface area contributed by atoms with Crippen LogP contribution in [0.15, 0.2) is 0 Å². The second-order valence-electron chi connectivity index (χ2n) is 7.84. The van der Waals surface area contributed by atoms with E-state index in [0.717, 1.165) is 0 Å². The van der Waals surface area contributed by atoms with Gasteiger partial charge in [0.15, 0.2) is 0 Å². The van der Waals surface area contributed by atoms with Gasteiger partial charge in [-0.3, -0.25) is 0 Å². The molecule has 0 aromatic rings. The highest BCUT2D eigenvalue weighted by atomic mass is 16.7. The monoisotopic (exact) mass is 512 g/mol. The van der Waals surface area contributed by atoms with Gasteiger partial charge in [-0.25, -0.2) is 4.79 Å². The van der Waals surface area contributed by atoms with E-state index in [2.05, 4.69) is 0 Å². The molecule has 0 aliphatic heterocycles. The molecule has 0 N–H and O–H groups in total. The van der Waals surface area contributed by atoms with Crippen LogP contribution in [-0.2, 0) is 52.2 Å². The van der Waals surface area contributed by atoms with Crippen molar-refractivity contribution in [2.24, 2.45) is 0 Å². The number of hydrogen-bond acceptors (Lipinski definition) is 12. The van der Waals surface area contributed by atoms with Crippen molar-refractivity contribution in [3.05, 3.63) is 0 Å². The molecule has 0 spiro atoms. The van der Waals surface area contributed by atoms with Gasteiger partial charge in [0.1, 0.15) is 25.1 Å². The molecule has 12 heteroatoms. The van der Waals surface area contributed by atoms with Crippen LogP contribution >= 0.6 is 0 Å². The molecule has 0 radical (unpaired) electrons. The van der Waals surface area contributed by atoms with Crippen LogP contribution in [-0.4, -0.2) is 130 Å². The topological polar surface area (TPSA) is 126 Å². The molecule has 0 saturated heterocycles. The van der Waals surface area contributed by atoms with Gasteiger partial charge in [-0.05, 0) is 20.8 Å². The lowest BCUT2D eigenvalue weighted by Gasteiger charge is -2.18. The van der Waals surface area contributed by atoms with Crippen molar-refractivity contribution in [3.63, 3.8) is 0 Å². The Labute approximate surface area is 208 Å². The summed E-state index contributed by atoms with van der Waals surface area (Å²) in [6.45, 7) is 12.3. The van der Waals surface area contributed by atoms with Gasteiger partial charge in [0, 0.05) is 0 Å². The van der Waals surface area contributed by atoms with Gasteiger partial charge in [-0.1, -0.05) is 0 Å². The lowest BCUT2D eigenvalue weighted by molar-refractivity contribution is -0.112. The summed E-state index contributed by atoms with van der Waals surface area (Å²) < 4.78 is 52.4. The first-order chi connectivity index (χ1) is 17.0. The smallest absolute Gasteiger partial charge is 0.432 e. The molecule has 0 amide bonds. The van der Waals surface area contributed by atoms with Crippen molar-refractivity contribution in [2.45, 2.75) is 26.4 Å². The summed E-state index contributed by atoms with van der Waals surface area (Å²) in [7, 11) is 0. The number of ether oxygens (including phenoxy) is 10. The van der Waals surface area contributed by atoms with Gasteiger partial charge in [-0.2, -0.15) is 0 Å². The summed E-state index contributed by atoms with van der Waals surface area (Å²) >= 11 is 0. The number of carbonyl (C=O) groups is 2. The van der Waals surface area contributed by atoms with Crippen molar-refractivity contribution >= 4 is 12.4 Å². The molecule has 12 nitrogen and oxygen atoms in total. The zero-order valence-electron chi connectivity index (χ0n) is 21.5. The fraction of sp³-hybridized carbons (Fsp3) is 0.913. The van der Waals surface area contributed by atoms with E-state index < -0.39 is 11.8 Å². The molecule has 0 rings (SSSR count). The first-order valence-corrected chi connectivity index (χ1v) is 11.9. The molecule has 0 fully saturated rings. The fourth-order valence-corrected chi connectivity index (χ4v) is 2.13. The van der Waals surface area contributed by atoms with Crippen LogP contribution in [0.3, 0.4) is 0 Å². The van der Waals surface area contributed by atoms with E-state index in [1.165, 1.54) is 0 Å². The SMILES string of the molecule is CC(C)(C)OC(=O)OCCOCCOCCOCCOCCOCCOCCOCCOCC=O. The summed E-state index contributed by atoms with van der Waals surface area (Å²) in [5, 5.41) is 0. The molecule has 0 heterocycles. The minimum Gasteiger partial charge on any atom is -0.432 e. The maximum atomic E-state index is 11.3. The van der Waals surface area contributed by atoms with Gasteiger partial charge in [-0.15, -0.1) is 0 Å². The van der Waals surface area contributed by atoms with Crippen LogP contribution in [0.1, 0.15) is 20.8 Å². The highest BCUT2D eigenvalue weighted by molar-refractivity contribution is 5.60. The number of aldehydes is 1. The zero-order chi connectivity index (χ0) is 25.9. The van der Waals surface area contributed by atoms with Crippen LogP contribution in [0.25, 0.3) is 0 Å². The summed E-state index contributed by atoms with van der Waals surface area (Å²) in [4.78, 5) is 21.4. The van der Waals surface area contributed by atoms with Crippen LogP contribution < -0.4 is 0 Å². The Balaban J connectivity index is 3.10. The number of hydrogen-bond donors (Lipinski definition) is 0. The van der Waals surface area contributed by atoms with Crippen LogP contribution in [0.5, 0.6) is 0 Å². The molecular formula is C23H44O12. The summed E-state index contributed by atoms with van der Waals surface area (Å²) in [6, 6.07) is 0. The number of rotatable bonds is 26. The average Bonchev–Trinajstić information content (AvgIpc) is 2.80. The van der Waals surface area contributed by atoms with E-state index in [1.807, 2.05) is 0 Å². The van der Waals surface area contributed by atoms with Crippen LogP contribution in [0.4, 0.5) is 4.79 Å². The minimum absolute atomic E-state index is 0.0961. The van der Waals surface area contributed by atoms with Crippen molar-refractivity contribution < 1.29 is 57.0 Å². The molecule has 0 saturated carbocycles. The van der Waals surface area contributed by atoms with E-state index in [9.17, 15) is 9.59 Å². The molecule has 0 aliphatic rings. The Hall–Kier alpha value is -1.38. The first kappa shape index (κ1) is 33.6. The quantitative estimate of drug-likeness (QED) is 0.0941. The summed E-state index contributed by atoms with van der Waals surface area (Å²) in [5.41, 5.74) is -0.571. The summed E-state index contributed by atoms with van der Waals surface area (Å²) in [5.74, 6) is 0. The predicted octanol–water partition coefficient (Wildman–Crippen LogP) is 1.27. The average molecular weight is 513 g/mol. The zero-order valence-corrected chi connectivity index (χ0v) is 21.5. The Morgan fingerprint density at radius 1 is 0.514 bits per heavy atom. The maximum absolute atomic E-state index is 11.3.